The van der Waals surface area contributed by atoms with E-state index < -0.39 is 0 Å². The van der Waals surface area contributed by atoms with Gasteiger partial charge in [0.2, 0.25) is 0 Å². The molecule has 1 saturated carbocycles. The fraction of sp³-hybridized carbons (Fsp3) is 1.00. The van der Waals surface area contributed by atoms with Crippen LogP contribution in [0.5, 0.6) is 0 Å². The van der Waals surface area contributed by atoms with E-state index in [2.05, 4.69) is 51.8 Å². The zero-order valence-corrected chi connectivity index (χ0v) is 14.6. The minimum absolute atomic E-state index is 0.379. The molecule has 0 amide bonds. The molecule has 0 radical (unpaired) electrons. The fourth-order valence-corrected chi connectivity index (χ4v) is 4.16. The van der Waals surface area contributed by atoms with Gasteiger partial charge in [0.15, 0.2) is 0 Å². The topological polar surface area (TPSA) is 15.3 Å². The summed E-state index contributed by atoms with van der Waals surface area (Å²) >= 11 is 0. The number of nitrogens with zero attached hydrogens (tertiary/aromatic N) is 1. The van der Waals surface area contributed by atoms with Crippen LogP contribution in [0.4, 0.5) is 0 Å². The zero-order chi connectivity index (χ0) is 14.9. The number of rotatable bonds is 6. The normalized spacial score (nSPS) is 32.5. The molecule has 118 valence electrons. The quantitative estimate of drug-likeness (QED) is 0.797. The second kappa shape index (κ2) is 6.36. The third-order valence-corrected chi connectivity index (χ3v) is 5.90. The van der Waals surface area contributed by atoms with Crippen LogP contribution < -0.4 is 5.32 Å². The Kier molecular flexibility index (Phi) is 5.18. The molecule has 1 aliphatic carbocycles. The second-order valence-corrected chi connectivity index (χ2v) is 8.22. The molecule has 2 aliphatic rings. The molecule has 2 fully saturated rings. The van der Waals surface area contributed by atoms with Gasteiger partial charge in [-0.25, -0.2) is 0 Å². The minimum Gasteiger partial charge on any atom is -0.308 e. The third-order valence-electron chi connectivity index (χ3n) is 5.90. The molecule has 2 nitrogen and oxygen atoms in total. The summed E-state index contributed by atoms with van der Waals surface area (Å²) in [4.78, 5) is 2.82. The summed E-state index contributed by atoms with van der Waals surface area (Å²) in [5, 5.41) is 3.88. The Morgan fingerprint density at radius 1 is 1.15 bits per heavy atom. The van der Waals surface area contributed by atoms with Crippen LogP contribution in [0.25, 0.3) is 0 Å². The van der Waals surface area contributed by atoms with Gasteiger partial charge in [-0.05, 0) is 49.9 Å². The van der Waals surface area contributed by atoms with E-state index in [1.54, 1.807) is 0 Å². The maximum atomic E-state index is 3.88. The molecule has 2 atom stereocenters. The second-order valence-electron chi connectivity index (χ2n) is 8.22. The van der Waals surface area contributed by atoms with Crippen molar-refractivity contribution in [1.29, 1.82) is 0 Å². The zero-order valence-electron chi connectivity index (χ0n) is 14.6. The lowest BCUT2D eigenvalue weighted by molar-refractivity contribution is 0.0434. The monoisotopic (exact) mass is 280 g/mol. The van der Waals surface area contributed by atoms with Crippen LogP contribution >= 0.6 is 0 Å². The summed E-state index contributed by atoms with van der Waals surface area (Å²) in [6.07, 6.45) is 4.15. The van der Waals surface area contributed by atoms with Gasteiger partial charge in [0.05, 0.1) is 0 Å². The highest BCUT2D eigenvalue weighted by Crippen LogP contribution is 2.41. The van der Waals surface area contributed by atoms with Crippen molar-refractivity contribution in [3.05, 3.63) is 0 Å². The van der Waals surface area contributed by atoms with Gasteiger partial charge in [0.1, 0.15) is 0 Å². The first-order valence-corrected chi connectivity index (χ1v) is 8.86. The van der Waals surface area contributed by atoms with Crippen LogP contribution in [0, 0.1) is 23.7 Å². The Bertz CT molecular complexity index is 301. The maximum absolute atomic E-state index is 3.88. The number of piperazine rings is 1. The minimum atomic E-state index is 0.379. The van der Waals surface area contributed by atoms with Crippen molar-refractivity contribution in [2.75, 3.05) is 19.6 Å². The highest BCUT2D eigenvalue weighted by Gasteiger charge is 2.46. The summed E-state index contributed by atoms with van der Waals surface area (Å²) in [6.45, 7) is 18.1. The number of hydrogen-bond acceptors (Lipinski definition) is 2. The average molecular weight is 280 g/mol. The summed E-state index contributed by atoms with van der Waals surface area (Å²) < 4.78 is 0. The number of nitrogens with one attached hydrogen (secondary N) is 1. The Labute approximate surface area is 126 Å². The lowest BCUT2D eigenvalue weighted by Gasteiger charge is -2.48. The number of hydrogen-bond donors (Lipinski definition) is 1. The van der Waals surface area contributed by atoms with Crippen molar-refractivity contribution in [2.45, 2.75) is 72.4 Å². The smallest absolute Gasteiger partial charge is 0.0309 e. The van der Waals surface area contributed by atoms with Gasteiger partial charge < -0.3 is 5.32 Å². The first-order valence-electron chi connectivity index (χ1n) is 8.86. The highest BCUT2D eigenvalue weighted by molar-refractivity contribution is 5.04. The van der Waals surface area contributed by atoms with E-state index in [0.717, 1.165) is 29.7 Å². The Morgan fingerprint density at radius 3 is 2.20 bits per heavy atom. The first-order chi connectivity index (χ1) is 9.37. The summed E-state index contributed by atoms with van der Waals surface area (Å²) in [7, 11) is 0. The SMILES string of the molecule is CCC1CNC(C)(C2CC2)CN1CC(C(C)C)C(C)C. The van der Waals surface area contributed by atoms with E-state index in [1.807, 2.05) is 0 Å². The van der Waals surface area contributed by atoms with Gasteiger partial charge in [-0.1, -0.05) is 34.6 Å². The van der Waals surface area contributed by atoms with Crippen molar-refractivity contribution < 1.29 is 0 Å². The molecule has 1 N–H and O–H groups in total. The molecular weight excluding hydrogens is 244 g/mol. The highest BCUT2D eigenvalue weighted by atomic mass is 15.3. The van der Waals surface area contributed by atoms with E-state index >= 15 is 0 Å². The molecule has 1 aliphatic heterocycles. The summed E-state index contributed by atoms with van der Waals surface area (Å²) in [6, 6.07) is 0.738. The van der Waals surface area contributed by atoms with Crippen molar-refractivity contribution in [1.82, 2.24) is 10.2 Å². The predicted molar refractivity (Wildman–Crippen MR) is 87.9 cm³/mol. The standard InChI is InChI=1S/C18H36N2/c1-7-16-10-19-18(6,15-8-9-15)12-20(16)11-17(13(2)3)14(4)5/h13-17,19H,7-12H2,1-6H3. The molecule has 0 spiro atoms. The van der Waals surface area contributed by atoms with Crippen molar-refractivity contribution >= 4 is 0 Å². The predicted octanol–water partition coefficient (Wildman–Crippen LogP) is 3.77. The third kappa shape index (κ3) is 3.57. The molecule has 2 heteroatoms. The Balaban J connectivity index is 2.04. The molecule has 20 heavy (non-hydrogen) atoms. The van der Waals surface area contributed by atoms with E-state index in [-0.39, 0.29) is 0 Å². The van der Waals surface area contributed by atoms with E-state index in [1.165, 1.54) is 38.9 Å². The van der Waals surface area contributed by atoms with E-state index in [9.17, 15) is 0 Å². The van der Waals surface area contributed by atoms with Gasteiger partial charge in [0.25, 0.3) is 0 Å². The molecule has 0 aromatic carbocycles. The molecule has 2 unspecified atom stereocenters. The molecule has 1 saturated heterocycles. The first kappa shape index (κ1) is 16.3. The fourth-order valence-electron chi connectivity index (χ4n) is 4.16. The van der Waals surface area contributed by atoms with Crippen molar-refractivity contribution in [3.8, 4) is 0 Å². The molecule has 1 heterocycles. The molecular formula is C18H36N2. The molecule has 2 rings (SSSR count). The van der Waals surface area contributed by atoms with Crippen LogP contribution in [0.15, 0.2) is 0 Å². The molecule has 0 aromatic rings. The van der Waals surface area contributed by atoms with Crippen molar-refractivity contribution in [3.63, 3.8) is 0 Å². The van der Waals surface area contributed by atoms with Gasteiger partial charge in [-0.3, -0.25) is 4.90 Å². The lowest BCUT2D eigenvalue weighted by atomic mass is 9.83. The van der Waals surface area contributed by atoms with Gasteiger partial charge in [-0.2, -0.15) is 0 Å². The summed E-state index contributed by atoms with van der Waals surface area (Å²) in [5.74, 6) is 3.33. The van der Waals surface area contributed by atoms with Gasteiger partial charge >= 0.3 is 0 Å². The van der Waals surface area contributed by atoms with Crippen LogP contribution in [0.1, 0.15) is 60.8 Å². The van der Waals surface area contributed by atoms with Crippen LogP contribution in [0.3, 0.4) is 0 Å². The van der Waals surface area contributed by atoms with Crippen LogP contribution in [-0.4, -0.2) is 36.1 Å². The Morgan fingerprint density at radius 2 is 1.75 bits per heavy atom. The van der Waals surface area contributed by atoms with Crippen LogP contribution in [-0.2, 0) is 0 Å². The Hall–Kier alpha value is -0.0800. The van der Waals surface area contributed by atoms with Crippen molar-refractivity contribution in [2.24, 2.45) is 23.7 Å². The molecule has 0 aromatic heterocycles. The van der Waals surface area contributed by atoms with Crippen LogP contribution in [0.2, 0.25) is 0 Å². The molecule has 0 bridgehead atoms. The average Bonchev–Trinajstić information content (AvgIpc) is 3.20. The lowest BCUT2D eigenvalue weighted by Crippen LogP contribution is -2.64. The van der Waals surface area contributed by atoms with E-state index in [0.29, 0.717) is 5.54 Å². The van der Waals surface area contributed by atoms with E-state index in [4.69, 9.17) is 0 Å². The van der Waals surface area contributed by atoms with Gasteiger partial charge in [-0.15, -0.1) is 0 Å². The maximum Gasteiger partial charge on any atom is 0.0309 e. The van der Waals surface area contributed by atoms with Gasteiger partial charge in [0, 0.05) is 31.2 Å². The largest absolute Gasteiger partial charge is 0.308 e. The summed E-state index contributed by atoms with van der Waals surface area (Å²) in [5.41, 5.74) is 0.379.